The molecule has 2 heteroatoms. The largest absolute Gasteiger partial charge is 0.356 e. The molecule has 0 heterocycles. The van der Waals surface area contributed by atoms with E-state index in [1.165, 1.54) is 5.39 Å². The van der Waals surface area contributed by atoms with Gasteiger partial charge in [0.15, 0.2) is 0 Å². The molecule has 5 aromatic carbocycles. The van der Waals surface area contributed by atoms with Gasteiger partial charge in [0, 0.05) is 27.9 Å². The van der Waals surface area contributed by atoms with Crippen LogP contribution >= 0.6 is 0 Å². The molecule has 0 atom stereocenters. The Morgan fingerprint density at radius 3 is 1.84 bits per heavy atom. The molecule has 5 rings (SSSR count). The molecule has 0 amide bonds. The molecule has 0 aliphatic rings. The maximum atomic E-state index is 5.14. The van der Waals surface area contributed by atoms with Crippen molar-refractivity contribution in [3.05, 3.63) is 139 Å². The van der Waals surface area contributed by atoms with Crippen LogP contribution in [0.25, 0.3) is 10.8 Å². The summed E-state index contributed by atoms with van der Waals surface area (Å²) in [4.78, 5) is 5.14. The third-order valence-electron chi connectivity index (χ3n) is 5.27. The van der Waals surface area contributed by atoms with Gasteiger partial charge < -0.3 is 5.32 Å². The Hall–Kier alpha value is -4.17. The van der Waals surface area contributed by atoms with Crippen LogP contribution in [-0.4, -0.2) is 5.71 Å². The van der Waals surface area contributed by atoms with Crippen LogP contribution in [0.3, 0.4) is 0 Å². The van der Waals surface area contributed by atoms with E-state index in [-0.39, 0.29) is 0 Å². The first-order valence-electron chi connectivity index (χ1n) is 10.4. The molecule has 2 nitrogen and oxygen atoms in total. The van der Waals surface area contributed by atoms with E-state index in [2.05, 4.69) is 108 Å². The minimum absolute atomic E-state index is 0.961. The first-order chi connectivity index (χ1) is 15.4. The molecule has 0 radical (unpaired) electrons. The Morgan fingerprint density at radius 2 is 1.06 bits per heavy atom. The zero-order chi connectivity index (χ0) is 20.9. The fourth-order valence-corrected chi connectivity index (χ4v) is 3.72. The van der Waals surface area contributed by atoms with E-state index in [4.69, 9.17) is 4.99 Å². The third-order valence-corrected chi connectivity index (χ3v) is 5.27. The molecule has 1 N–H and O–H groups in total. The van der Waals surface area contributed by atoms with Crippen molar-refractivity contribution in [3.63, 3.8) is 0 Å². The number of para-hydroxylation sites is 1. The van der Waals surface area contributed by atoms with Crippen molar-refractivity contribution in [2.24, 2.45) is 4.99 Å². The number of hydrogen-bond acceptors (Lipinski definition) is 2. The van der Waals surface area contributed by atoms with E-state index in [1.807, 2.05) is 24.3 Å². The number of aliphatic imine (C=N–C) groups is 1. The number of rotatable bonds is 5. The second-order valence-corrected chi connectivity index (χ2v) is 7.39. The van der Waals surface area contributed by atoms with Crippen LogP contribution in [0.4, 0.5) is 17.1 Å². The van der Waals surface area contributed by atoms with Gasteiger partial charge in [-0.05, 0) is 35.7 Å². The van der Waals surface area contributed by atoms with Crippen LogP contribution in [-0.2, 0) is 0 Å². The van der Waals surface area contributed by atoms with E-state index in [9.17, 15) is 0 Å². The quantitative estimate of drug-likeness (QED) is 0.301. The van der Waals surface area contributed by atoms with Gasteiger partial charge in [0.05, 0.1) is 11.4 Å². The number of nitrogens with one attached hydrogen (secondary N) is 1. The molecule has 0 fully saturated rings. The highest BCUT2D eigenvalue weighted by Crippen LogP contribution is 2.28. The summed E-state index contributed by atoms with van der Waals surface area (Å²) in [7, 11) is 0. The Morgan fingerprint density at radius 1 is 0.484 bits per heavy atom. The van der Waals surface area contributed by atoms with Crippen molar-refractivity contribution in [2.75, 3.05) is 5.32 Å². The molecule has 5 aromatic rings. The molecule has 0 aliphatic heterocycles. The highest BCUT2D eigenvalue weighted by molar-refractivity contribution is 6.15. The molecule has 0 bridgehead atoms. The minimum atomic E-state index is 0.961. The SMILES string of the molecule is c1ccc(Nc2ccc(C(=Nc3cccc4ccccc34)c3ccccc3)cc2)cc1. The second-order valence-electron chi connectivity index (χ2n) is 7.39. The van der Waals surface area contributed by atoms with E-state index >= 15 is 0 Å². The van der Waals surface area contributed by atoms with Gasteiger partial charge in [-0.1, -0.05) is 97.1 Å². The first-order valence-corrected chi connectivity index (χ1v) is 10.4. The predicted molar refractivity (Wildman–Crippen MR) is 132 cm³/mol. The van der Waals surface area contributed by atoms with Crippen LogP contribution in [0.2, 0.25) is 0 Å². The molecule has 0 aromatic heterocycles. The highest BCUT2D eigenvalue weighted by Gasteiger charge is 2.09. The number of hydrogen-bond donors (Lipinski definition) is 1. The zero-order valence-corrected chi connectivity index (χ0v) is 17.1. The van der Waals surface area contributed by atoms with Gasteiger partial charge in [0.1, 0.15) is 0 Å². The lowest BCUT2D eigenvalue weighted by atomic mass is 10.0. The summed E-state index contributed by atoms with van der Waals surface area (Å²) < 4.78 is 0. The van der Waals surface area contributed by atoms with E-state index in [0.29, 0.717) is 0 Å². The maximum Gasteiger partial charge on any atom is 0.0781 e. The zero-order valence-electron chi connectivity index (χ0n) is 17.1. The van der Waals surface area contributed by atoms with Crippen molar-refractivity contribution in [1.82, 2.24) is 0 Å². The van der Waals surface area contributed by atoms with Crippen molar-refractivity contribution in [3.8, 4) is 0 Å². The topological polar surface area (TPSA) is 24.4 Å². The molecule has 0 saturated carbocycles. The molecule has 31 heavy (non-hydrogen) atoms. The van der Waals surface area contributed by atoms with E-state index in [1.54, 1.807) is 0 Å². The van der Waals surface area contributed by atoms with Crippen molar-refractivity contribution in [2.45, 2.75) is 0 Å². The molecule has 0 saturated heterocycles. The highest BCUT2D eigenvalue weighted by atomic mass is 14.9. The maximum absolute atomic E-state index is 5.14. The molecule has 0 aliphatic carbocycles. The normalized spacial score (nSPS) is 11.4. The molecule has 148 valence electrons. The van der Waals surface area contributed by atoms with E-state index < -0.39 is 0 Å². The summed E-state index contributed by atoms with van der Waals surface area (Å²) in [6.07, 6.45) is 0. The van der Waals surface area contributed by atoms with E-state index in [0.717, 1.165) is 39.3 Å². The first kappa shape index (κ1) is 18.8. The molecular weight excluding hydrogens is 376 g/mol. The number of benzene rings is 5. The summed E-state index contributed by atoms with van der Waals surface area (Å²) in [5.74, 6) is 0. The lowest BCUT2D eigenvalue weighted by Crippen LogP contribution is -2.03. The standard InChI is InChI=1S/C29H22N2/c1-3-11-23(12-4-1)29(31-28-17-9-13-22-10-7-8-16-27(22)28)24-18-20-26(21-19-24)30-25-14-5-2-6-15-25/h1-21,30H. The predicted octanol–water partition coefficient (Wildman–Crippen LogP) is 7.75. The van der Waals surface area contributed by atoms with Gasteiger partial charge in [-0.3, -0.25) is 0 Å². The molecule has 0 spiro atoms. The fraction of sp³-hybridized carbons (Fsp3) is 0. The lowest BCUT2D eigenvalue weighted by Gasteiger charge is -2.11. The van der Waals surface area contributed by atoms with Gasteiger partial charge in [0.25, 0.3) is 0 Å². The van der Waals surface area contributed by atoms with Crippen molar-refractivity contribution < 1.29 is 0 Å². The Bertz CT molecular complexity index is 1320. The fourth-order valence-electron chi connectivity index (χ4n) is 3.72. The van der Waals surface area contributed by atoms with Crippen LogP contribution < -0.4 is 5.32 Å². The lowest BCUT2D eigenvalue weighted by molar-refractivity contribution is 1.48. The Labute approximate surface area is 182 Å². The molecule has 0 unspecified atom stereocenters. The van der Waals surface area contributed by atoms with Crippen LogP contribution in [0.15, 0.2) is 132 Å². The number of anilines is 2. The number of fused-ring (bicyclic) bond motifs is 1. The second kappa shape index (κ2) is 8.68. The van der Waals surface area contributed by atoms with Gasteiger partial charge >= 0.3 is 0 Å². The van der Waals surface area contributed by atoms with Gasteiger partial charge in [-0.15, -0.1) is 0 Å². The Kier molecular flexibility index (Phi) is 5.27. The van der Waals surface area contributed by atoms with Gasteiger partial charge in [-0.2, -0.15) is 0 Å². The summed E-state index contributed by atoms with van der Waals surface area (Å²) >= 11 is 0. The number of nitrogens with zero attached hydrogens (tertiary/aromatic N) is 1. The van der Waals surface area contributed by atoms with Gasteiger partial charge in [-0.25, -0.2) is 4.99 Å². The average Bonchev–Trinajstić information content (AvgIpc) is 2.84. The summed E-state index contributed by atoms with van der Waals surface area (Å²) in [6, 6.07) is 43.7. The minimum Gasteiger partial charge on any atom is -0.356 e. The van der Waals surface area contributed by atoms with Crippen LogP contribution in [0.5, 0.6) is 0 Å². The average molecular weight is 399 g/mol. The summed E-state index contributed by atoms with van der Waals surface area (Å²) in [6.45, 7) is 0. The monoisotopic (exact) mass is 398 g/mol. The Balaban J connectivity index is 1.56. The van der Waals surface area contributed by atoms with Crippen LogP contribution in [0, 0.1) is 0 Å². The van der Waals surface area contributed by atoms with Gasteiger partial charge in [0.2, 0.25) is 0 Å². The smallest absolute Gasteiger partial charge is 0.0781 e. The third kappa shape index (κ3) is 4.24. The van der Waals surface area contributed by atoms with Crippen molar-refractivity contribution in [1.29, 1.82) is 0 Å². The molecular formula is C29H22N2. The van der Waals surface area contributed by atoms with Crippen LogP contribution in [0.1, 0.15) is 11.1 Å². The summed E-state index contributed by atoms with van der Waals surface area (Å²) in [5, 5.41) is 5.79. The van der Waals surface area contributed by atoms with Crippen molar-refractivity contribution >= 4 is 33.5 Å². The summed E-state index contributed by atoms with van der Waals surface area (Å²) in [5.41, 5.74) is 6.24.